The molecule has 0 aliphatic heterocycles. The molecule has 1 heterocycles. The number of para-hydroxylation sites is 1. The minimum Gasteiger partial charge on any atom is -0.445 e. The van der Waals surface area contributed by atoms with Crippen LogP contribution in [0, 0.1) is 0 Å². The third kappa shape index (κ3) is 6.73. The molecule has 34 heavy (non-hydrogen) atoms. The zero-order valence-electron chi connectivity index (χ0n) is 18.3. The number of ether oxygens (including phenoxy) is 1. The molecule has 8 heteroatoms. The van der Waals surface area contributed by atoms with Crippen LogP contribution in [0.2, 0.25) is 0 Å². The van der Waals surface area contributed by atoms with E-state index in [1.54, 1.807) is 12.4 Å². The molecule has 0 radical (unpaired) electrons. The van der Waals surface area contributed by atoms with Gasteiger partial charge in [-0.25, -0.2) is 9.78 Å². The monoisotopic (exact) mass is 472 g/mol. The van der Waals surface area contributed by atoms with Crippen LogP contribution in [0.3, 0.4) is 0 Å². The van der Waals surface area contributed by atoms with Crippen molar-refractivity contribution < 1.29 is 14.3 Å². The number of benzene rings is 3. The summed E-state index contributed by atoms with van der Waals surface area (Å²) in [7, 11) is 0. The number of H-pyrrole nitrogens is 1. The standard InChI is InChI=1S/C26H24N4O3S/c31-24(29-21-13-7-8-14-23(21)34-25-27-15-16-28-25)22(17-19-9-3-1-4-10-19)30-26(32)33-18-20-11-5-2-6-12-20/h1-16,22H,17-18H2,(H,27,28)(H,29,31)(H,30,32)/t22-/m0/s1. The van der Waals surface area contributed by atoms with Crippen molar-refractivity contribution in [1.82, 2.24) is 15.3 Å². The molecule has 0 spiro atoms. The smallest absolute Gasteiger partial charge is 0.408 e. The van der Waals surface area contributed by atoms with Gasteiger partial charge in [-0.05, 0) is 35.0 Å². The fraction of sp³-hybridized carbons (Fsp3) is 0.115. The maximum Gasteiger partial charge on any atom is 0.408 e. The van der Waals surface area contributed by atoms with Gasteiger partial charge in [0.25, 0.3) is 0 Å². The van der Waals surface area contributed by atoms with Gasteiger partial charge >= 0.3 is 6.09 Å². The molecule has 1 atom stereocenters. The Morgan fingerprint density at radius 2 is 1.59 bits per heavy atom. The van der Waals surface area contributed by atoms with Crippen molar-refractivity contribution >= 4 is 29.4 Å². The Morgan fingerprint density at radius 1 is 0.912 bits per heavy atom. The minimum atomic E-state index is -0.827. The fourth-order valence-electron chi connectivity index (χ4n) is 3.26. The second kappa shape index (κ2) is 11.7. The first kappa shape index (κ1) is 23.1. The number of imidazole rings is 1. The topological polar surface area (TPSA) is 96.1 Å². The second-order valence-electron chi connectivity index (χ2n) is 7.43. The van der Waals surface area contributed by atoms with Gasteiger partial charge in [-0.2, -0.15) is 0 Å². The quantitative estimate of drug-likeness (QED) is 0.317. The summed E-state index contributed by atoms with van der Waals surface area (Å²) in [4.78, 5) is 33.9. The van der Waals surface area contributed by atoms with Gasteiger partial charge in [0.05, 0.1) is 5.69 Å². The van der Waals surface area contributed by atoms with Crippen LogP contribution in [-0.4, -0.2) is 28.0 Å². The number of carbonyl (C=O) groups excluding carboxylic acids is 2. The number of alkyl carbamates (subject to hydrolysis) is 1. The van der Waals surface area contributed by atoms with E-state index in [0.29, 0.717) is 17.3 Å². The first-order valence-corrected chi connectivity index (χ1v) is 11.6. The number of hydrogen-bond acceptors (Lipinski definition) is 5. The largest absolute Gasteiger partial charge is 0.445 e. The summed E-state index contributed by atoms with van der Waals surface area (Å²) < 4.78 is 5.34. The lowest BCUT2D eigenvalue weighted by Crippen LogP contribution is -2.45. The van der Waals surface area contributed by atoms with Crippen LogP contribution in [0.5, 0.6) is 0 Å². The molecule has 0 bridgehead atoms. The van der Waals surface area contributed by atoms with Gasteiger partial charge in [-0.3, -0.25) is 4.79 Å². The number of hydrogen-bond donors (Lipinski definition) is 3. The highest BCUT2D eigenvalue weighted by molar-refractivity contribution is 7.99. The van der Waals surface area contributed by atoms with Gasteiger partial charge in [-0.15, -0.1) is 0 Å². The second-order valence-corrected chi connectivity index (χ2v) is 8.46. The molecule has 3 N–H and O–H groups in total. The van der Waals surface area contributed by atoms with Gasteiger partial charge in [0.2, 0.25) is 5.91 Å². The van der Waals surface area contributed by atoms with Crippen LogP contribution in [0.1, 0.15) is 11.1 Å². The maximum atomic E-state index is 13.3. The maximum absolute atomic E-state index is 13.3. The summed E-state index contributed by atoms with van der Waals surface area (Å²) in [6.07, 6.45) is 3.08. The first-order valence-electron chi connectivity index (χ1n) is 10.8. The average molecular weight is 473 g/mol. The summed E-state index contributed by atoms with van der Waals surface area (Å²) in [6, 6.07) is 25.5. The predicted molar refractivity (Wildman–Crippen MR) is 131 cm³/mol. The van der Waals surface area contributed by atoms with Gasteiger partial charge < -0.3 is 20.4 Å². The van der Waals surface area contributed by atoms with E-state index in [1.165, 1.54) is 11.8 Å². The molecular formula is C26H24N4O3S. The fourth-order valence-corrected chi connectivity index (χ4v) is 4.08. The van der Waals surface area contributed by atoms with Crippen LogP contribution < -0.4 is 10.6 Å². The van der Waals surface area contributed by atoms with Crippen molar-refractivity contribution in [2.75, 3.05) is 5.32 Å². The predicted octanol–water partition coefficient (Wildman–Crippen LogP) is 5.04. The number of rotatable bonds is 9. The summed E-state index contributed by atoms with van der Waals surface area (Å²) in [5.74, 6) is -0.340. The van der Waals surface area contributed by atoms with Gasteiger partial charge in [-0.1, -0.05) is 72.8 Å². The summed E-state index contributed by atoms with van der Waals surface area (Å²) >= 11 is 1.40. The molecule has 1 aromatic heterocycles. The lowest BCUT2D eigenvalue weighted by atomic mass is 10.1. The van der Waals surface area contributed by atoms with Gasteiger partial charge in [0.15, 0.2) is 5.16 Å². The Hall–Kier alpha value is -4.04. The molecular weight excluding hydrogens is 448 g/mol. The summed E-state index contributed by atoms with van der Waals surface area (Å²) in [6.45, 7) is 0.120. The number of aromatic nitrogens is 2. The SMILES string of the molecule is O=C(N[C@@H](Cc1ccccc1)C(=O)Nc1ccccc1Sc1ncc[nH]1)OCc1ccccc1. The highest BCUT2D eigenvalue weighted by atomic mass is 32.2. The van der Waals surface area contributed by atoms with E-state index in [-0.39, 0.29) is 12.5 Å². The summed E-state index contributed by atoms with van der Waals surface area (Å²) in [5, 5.41) is 6.39. The lowest BCUT2D eigenvalue weighted by molar-refractivity contribution is -0.118. The Kier molecular flexibility index (Phi) is 7.97. The number of nitrogens with zero attached hydrogens (tertiary/aromatic N) is 1. The van der Waals surface area contributed by atoms with Crippen molar-refractivity contribution in [3.63, 3.8) is 0 Å². The third-order valence-electron chi connectivity index (χ3n) is 4.93. The van der Waals surface area contributed by atoms with E-state index in [9.17, 15) is 9.59 Å². The molecule has 172 valence electrons. The van der Waals surface area contributed by atoms with Crippen LogP contribution in [0.15, 0.2) is 107 Å². The number of aromatic amines is 1. The number of amides is 2. The van der Waals surface area contributed by atoms with E-state index in [2.05, 4.69) is 20.6 Å². The van der Waals surface area contributed by atoms with Gasteiger partial charge in [0, 0.05) is 23.7 Å². The van der Waals surface area contributed by atoms with E-state index >= 15 is 0 Å². The van der Waals surface area contributed by atoms with Crippen molar-refractivity contribution in [1.29, 1.82) is 0 Å². The van der Waals surface area contributed by atoms with Crippen LogP contribution in [0.4, 0.5) is 10.5 Å². The number of nitrogens with one attached hydrogen (secondary N) is 3. The Morgan fingerprint density at radius 3 is 2.29 bits per heavy atom. The van der Waals surface area contributed by atoms with Crippen molar-refractivity contribution in [3.8, 4) is 0 Å². The molecule has 0 aliphatic carbocycles. The molecule has 4 aromatic rings. The van der Waals surface area contributed by atoms with Crippen molar-refractivity contribution in [3.05, 3.63) is 108 Å². The molecule has 3 aromatic carbocycles. The highest BCUT2D eigenvalue weighted by Gasteiger charge is 2.23. The minimum absolute atomic E-state index is 0.120. The Bertz CT molecular complexity index is 1200. The van der Waals surface area contributed by atoms with E-state index in [0.717, 1.165) is 16.0 Å². The van der Waals surface area contributed by atoms with Crippen LogP contribution >= 0.6 is 11.8 Å². The Balaban J connectivity index is 1.46. The molecule has 7 nitrogen and oxygen atoms in total. The molecule has 0 saturated carbocycles. The lowest BCUT2D eigenvalue weighted by Gasteiger charge is -2.19. The van der Waals surface area contributed by atoms with Gasteiger partial charge in [0.1, 0.15) is 12.6 Å². The molecule has 0 saturated heterocycles. The van der Waals surface area contributed by atoms with E-state index in [1.807, 2.05) is 84.9 Å². The van der Waals surface area contributed by atoms with Crippen LogP contribution in [0.25, 0.3) is 0 Å². The molecule has 2 amide bonds. The number of carbonyl (C=O) groups is 2. The first-order chi connectivity index (χ1) is 16.7. The number of anilines is 1. The van der Waals surface area contributed by atoms with Crippen molar-refractivity contribution in [2.24, 2.45) is 0 Å². The van der Waals surface area contributed by atoms with Crippen LogP contribution in [-0.2, 0) is 22.6 Å². The molecule has 4 rings (SSSR count). The molecule has 0 unspecified atom stereocenters. The normalized spacial score (nSPS) is 11.4. The van der Waals surface area contributed by atoms with E-state index < -0.39 is 12.1 Å². The molecule has 0 fully saturated rings. The van der Waals surface area contributed by atoms with E-state index in [4.69, 9.17) is 4.74 Å². The Labute approximate surface area is 202 Å². The zero-order valence-corrected chi connectivity index (χ0v) is 19.1. The van der Waals surface area contributed by atoms with Crippen molar-refractivity contribution in [2.45, 2.75) is 29.1 Å². The average Bonchev–Trinajstić information content (AvgIpc) is 3.38. The highest BCUT2D eigenvalue weighted by Crippen LogP contribution is 2.31. The third-order valence-corrected chi connectivity index (χ3v) is 5.92. The zero-order chi connectivity index (χ0) is 23.6. The summed E-state index contributed by atoms with van der Waals surface area (Å²) in [5.41, 5.74) is 2.42. The molecule has 0 aliphatic rings.